The van der Waals surface area contributed by atoms with Crippen LogP contribution in [0.5, 0.6) is 5.75 Å². The van der Waals surface area contributed by atoms with Crippen molar-refractivity contribution >= 4 is 17.1 Å². The second-order valence-corrected chi connectivity index (χ2v) is 5.28. The Balaban J connectivity index is 2.02. The lowest BCUT2D eigenvalue weighted by atomic mass is 10.0. The second kappa shape index (κ2) is 5.59. The zero-order valence-electron chi connectivity index (χ0n) is 12.5. The highest BCUT2D eigenvalue weighted by atomic mass is 19.4. The first-order valence-electron chi connectivity index (χ1n) is 6.93. The Morgan fingerprint density at radius 1 is 1.08 bits per heavy atom. The number of ether oxygens (including phenoxy) is 1. The van der Waals surface area contributed by atoms with Crippen LogP contribution >= 0.6 is 0 Å². The van der Waals surface area contributed by atoms with Crippen LogP contribution in [0.25, 0.3) is 22.0 Å². The molecular weight excluding hydrogens is 323 g/mol. The molecule has 0 bridgehead atoms. The lowest BCUT2D eigenvalue weighted by Gasteiger charge is -2.08. The van der Waals surface area contributed by atoms with Crippen molar-refractivity contribution in [3.05, 3.63) is 54.2 Å². The van der Waals surface area contributed by atoms with Crippen molar-refractivity contribution in [3.8, 4) is 16.9 Å². The molecule has 1 N–H and O–H groups in total. The maximum atomic E-state index is 12.6. The molecule has 1 aromatic heterocycles. The number of fused-ring (bicyclic) bond motifs is 1. The first kappa shape index (κ1) is 15.9. The summed E-state index contributed by atoms with van der Waals surface area (Å²) in [5, 5.41) is 9.34. The molecule has 0 saturated heterocycles. The van der Waals surface area contributed by atoms with E-state index < -0.39 is 17.9 Å². The Morgan fingerprint density at radius 3 is 2.29 bits per heavy atom. The van der Waals surface area contributed by atoms with Crippen molar-refractivity contribution in [2.24, 2.45) is 7.05 Å². The first-order chi connectivity index (χ1) is 11.3. The van der Waals surface area contributed by atoms with Gasteiger partial charge in [-0.2, -0.15) is 13.2 Å². The fourth-order valence-corrected chi connectivity index (χ4v) is 2.55. The van der Waals surface area contributed by atoms with Crippen LogP contribution in [0, 0.1) is 0 Å². The van der Waals surface area contributed by atoms with Crippen LogP contribution in [0.4, 0.5) is 18.0 Å². The summed E-state index contributed by atoms with van der Waals surface area (Å²) in [5.41, 5.74) is 1.36. The summed E-state index contributed by atoms with van der Waals surface area (Å²) in [4.78, 5) is 10.7. The number of halogens is 3. The highest BCUT2D eigenvalue weighted by Crippen LogP contribution is 2.34. The lowest BCUT2D eigenvalue weighted by molar-refractivity contribution is -0.137. The fourth-order valence-electron chi connectivity index (χ4n) is 2.55. The number of alkyl halides is 3. The molecule has 1 heterocycles. The van der Waals surface area contributed by atoms with Gasteiger partial charge < -0.3 is 14.4 Å². The number of aromatic nitrogens is 1. The molecule has 124 valence electrons. The summed E-state index contributed by atoms with van der Waals surface area (Å²) >= 11 is 0. The topological polar surface area (TPSA) is 51.5 Å². The van der Waals surface area contributed by atoms with E-state index in [2.05, 4.69) is 0 Å². The van der Waals surface area contributed by atoms with E-state index in [9.17, 15) is 18.0 Å². The maximum Gasteiger partial charge on any atom is 0.511 e. The summed E-state index contributed by atoms with van der Waals surface area (Å²) in [6.07, 6.45) is -4.24. The molecule has 0 fully saturated rings. The number of hydrogen-bond donors (Lipinski definition) is 1. The molecule has 0 amide bonds. The van der Waals surface area contributed by atoms with E-state index in [1.54, 1.807) is 29.8 Å². The fraction of sp³-hybridized carbons (Fsp3) is 0.118. The molecule has 7 heteroatoms. The first-order valence-corrected chi connectivity index (χ1v) is 6.93. The Bertz CT molecular complexity index is 911. The van der Waals surface area contributed by atoms with E-state index in [0.29, 0.717) is 16.5 Å². The summed E-state index contributed by atoms with van der Waals surface area (Å²) in [6, 6.07) is 10.0. The Morgan fingerprint density at radius 2 is 1.71 bits per heavy atom. The van der Waals surface area contributed by atoms with Crippen molar-refractivity contribution in [1.29, 1.82) is 0 Å². The standard InChI is InChI=1S/C17H12F3NO3/c1-21-9-15(24-16(22)23)13-7-4-11(8-14(13)21)10-2-5-12(6-3-10)17(18,19)20/h2-9H,1H3,(H,22,23). The van der Waals surface area contributed by atoms with Gasteiger partial charge in [0.1, 0.15) is 0 Å². The van der Waals surface area contributed by atoms with Gasteiger partial charge in [-0.15, -0.1) is 0 Å². The molecule has 0 radical (unpaired) electrons. The van der Waals surface area contributed by atoms with E-state index in [0.717, 1.165) is 17.7 Å². The number of benzene rings is 2. The van der Waals surface area contributed by atoms with Crippen molar-refractivity contribution in [1.82, 2.24) is 4.57 Å². The smallest absolute Gasteiger partial charge is 0.449 e. The van der Waals surface area contributed by atoms with Gasteiger partial charge in [0, 0.05) is 18.6 Å². The molecule has 3 aromatic rings. The molecule has 3 rings (SSSR count). The van der Waals surface area contributed by atoms with Crippen LogP contribution in [0.3, 0.4) is 0 Å². The van der Waals surface area contributed by atoms with Crippen molar-refractivity contribution in [2.75, 3.05) is 0 Å². The van der Waals surface area contributed by atoms with E-state index in [-0.39, 0.29) is 5.75 Å². The zero-order chi connectivity index (χ0) is 17.5. The largest absolute Gasteiger partial charge is 0.511 e. The van der Waals surface area contributed by atoms with E-state index in [1.165, 1.54) is 18.3 Å². The monoisotopic (exact) mass is 335 g/mol. The predicted molar refractivity (Wildman–Crippen MR) is 82.0 cm³/mol. The highest BCUT2D eigenvalue weighted by molar-refractivity contribution is 5.91. The number of aryl methyl sites for hydroxylation is 1. The van der Waals surface area contributed by atoms with Gasteiger partial charge in [-0.25, -0.2) is 4.79 Å². The predicted octanol–water partition coefficient (Wildman–Crippen LogP) is 4.92. The summed E-state index contributed by atoms with van der Waals surface area (Å²) in [6.45, 7) is 0. The van der Waals surface area contributed by atoms with Crippen LogP contribution in [0.15, 0.2) is 48.7 Å². The van der Waals surface area contributed by atoms with E-state index in [4.69, 9.17) is 9.84 Å². The van der Waals surface area contributed by atoms with Crippen LogP contribution in [0.2, 0.25) is 0 Å². The van der Waals surface area contributed by atoms with E-state index >= 15 is 0 Å². The highest BCUT2D eigenvalue weighted by Gasteiger charge is 2.29. The average Bonchev–Trinajstić information content (AvgIpc) is 2.82. The molecule has 0 atom stereocenters. The molecule has 4 nitrogen and oxygen atoms in total. The van der Waals surface area contributed by atoms with Gasteiger partial charge in [-0.3, -0.25) is 0 Å². The molecule has 0 aliphatic carbocycles. The number of rotatable bonds is 2. The zero-order valence-corrected chi connectivity index (χ0v) is 12.5. The van der Waals surface area contributed by atoms with Crippen LogP contribution in [-0.4, -0.2) is 15.8 Å². The van der Waals surface area contributed by atoms with Gasteiger partial charge in [0.05, 0.1) is 11.1 Å². The quantitative estimate of drug-likeness (QED) is 0.676. The molecule has 2 aromatic carbocycles. The molecule has 0 aliphatic rings. The molecule has 0 unspecified atom stereocenters. The molecule has 24 heavy (non-hydrogen) atoms. The minimum absolute atomic E-state index is 0.207. The Kier molecular flexibility index (Phi) is 3.71. The summed E-state index contributed by atoms with van der Waals surface area (Å²) in [5.74, 6) is 0.207. The minimum Gasteiger partial charge on any atom is -0.449 e. The third-order valence-electron chi connectivity index (χ3n) is 3.70. The third kappa shape index (κ3) is 2.92. The molecular formula is C17H12F3NO3. The Labute approximate surface area is 134 Å². The van der Waals surface area contributed by atoms with Crippen LogP contribution in [-0.2, 0) is 13.2 Å². The second-order valence-electron chi connectivity index (χ2n) is 5.28. The van der Waals surface area contributed by atoms with Gasteiger partial charge in [-0.05, 0) is 35.4 Å². The summed E-state index contributed by atoms with van der Waals surface area (Å²) < 4.78 is 44.3. The van der Waals surface area contributed by atoms with Gasteiger partial charge in [0.2, 0.25) is 0 Å². The minimum atomic E-state index is -4.37. The molecule has 0 saturated carbocycles. The van der Waals surface area contributed by atoms with Gasteiger partial charge in [0.25, 0.3) is 0 Å². The molecule has 0 aliphatic heterocycles. The number of carboxylic acid groups (broad SMARTS) is 1. The van der Waals surface area contributed by atoms with Crippen LogP contribution < -0.4 is 4.74 Å². The van der Waals surface area contributed by atoms with Gasteiger partial charge in [0.15, 0.2) is 5.75 Å². The number of nitrogens with zero attached hydrogens (tertiary/aromatic N) is 1. The van der Waals surface area contributed by atoms with Gasteiger partial charge >= 0.3 is 12.3 Å². The maximum absolute atomic E-state index is 12.6. The Hall–Kier alpha value is -2.96. The van der Waals surface area contributed by atoms with Gasteiger partial charge in [-0.1, -0.05) is 18.2 Å². The number of hydrogen-bond acceptors (Lipinski definition) is 2. The third-order valence-corrected chi connectivity index (χ3v) is 3.70. The van der Waals surface area contributed by atoms with Crippen molar-refractivity contribution in [3.63, 3.8) is 0 Å². The average molecular weight is 335 g/mol. The summed E-state index contributed by atoms with van der Waals surface area (Å²) in [7, 11) is 1.73. The van der Waals surface area contributed by atoms with Crippen LogP contribution in [0.1, 0.15) is 5.56 Å². The normalized spacial score (nSPS) is 11.7. The van der Waals surface area contributed by atoms with Crippen molar-refractivity contribution < 1.29 is 27.8 Å². The van der Waals surface area contributed by atoms with Crippen molar-refractivity contribution in [2.45, 2.75) is 6.18 Å². The number of carbonyl (C=O) groups is 1. The lowest BCUT2D eigenvalue weighted by Crippen LogP contribution is -2.03. The molecule has 0 spiro atoms. The van der Waals surface area contributed by atoms with E-state index in [1.807, 2.05) is 0 Å². The SMILES string of the molecule is Cn1cc(OC(=O)O)c2ccc(-c3ccc(C(F)(F)F)cc3)cc21.